The molecule has 0 spiro atoms. The van der Waals surface area contributed by atoms with Crippen LogP contribution < -0.4 is 5.73 Å². The fourth-order valence-corrected chi connectivity index (χ4v) is 4.12. The first-order valence-corrected chi connectivity index (χ1v) is 7.77. The third-order valence-electron chi connectivity index (χ3n) is 4.21. The molecule has 2 N–H and O–H groups in total. The molecule has 1 aromatic heterocycles. The van der Waals surface area contributed by atoms with Crippen LogP contribution in [0.15, 0.2) is 17.5 Å². The Morgan fingerprint density at radius 2 is 2.24 bits per heavy atom. The maximum absolute atomic E-state index is 5.97. The summed E-state index contributed by atoms with van der Waals surface area (Å²) in [5, 5.41) is 2.21. The standard InChI is InChI=1S/C14H22N2S/c15-10-12-4-1-2-8-16(12)14(11-6-7-11)13-5-3-9-17-13/h3,5,9,11-12,14H,1-2,4,6-8,10,15H2. The smallest absolute Gasteiger partial charge is 0.0473 e. The average molecular weight is 250 g/mol. The van der Waals surface area contributed by atoms with Gasteiger partial charge >= 0.3 is 0 Å². The molecule has 1 saturated carbocycles. The molecule has 1 aromatic rings. The van der Waals surface area contributed by atoms with E-state index in [1.165, 1.54) is 38.6 Å². The van der Waals surface area contributed by atoms with E-state index in [0.717, 1.165) is 12.5 Å². The van der Waals surface area contributed by atoms with Crippen molar-refractivity contribution in [1.29, 1.82) is 0 Å². The second-order valence-electron chi connectivity index (χ2n) is 5.42. The van der Waals surface area contributed by atoms with Gasteiger partial charge in [-0.15, -0.1) is 11.3 Å². The van der Waals surface area contributed by atoms with Crippen molar-refractivity contribution in [3.05, 3.63) is 22.4 Å². The Bertz CT molecular complexity index is 345. The Morgan fingerprint density at radius 3 is 2.88 bits per heavy atom. The van der Waals surface area contributed by atoms with Gasteiger partial charge in [-0.1, -0.05) is 12.5 Å². The number of thiophene rings is 1. The van der Waals surface area contributed by atoms with Crippen molar-refractivity contribution in [3.8, 4) is 0 Å². The van der Waals surface area contributed by atoms with Crippen LogP contribution in [0.3, 0.4) is 0 Å². The highest BCUT2D eigenvalue weighted by atomic mass is 32.1. The van der Waals surface area contributed by atoms with Gasteiger partial charge in [-0.2, -0.15) is 0 Å². The predicted octanol–water partition coefficient (Wildman–Crippen LogP) is 3.01. The van der Waals surface area contributed by atoms with Gasteiger partial charge in [0.05, 0.1) is 0 Å². The van der Waals surface area contributed by atoms with Crippen LogP contribution in [0.4, 0.5) is 0 Å². The third kappa shape index (κ3) is 2.42. The molecular formula is C14H22N2S. The minimum absolute atomic E-state index is 0.622. The summed E-state index contributed by atoms with van der Waals surface area (Å²) in [5.74, 6) is 0.904. The zero-order chi connectivity index (χ0) is 11.7. The molecule has 2 fully saturated rings. The van der Waals surface area contributed by atoms with E-state index in [1.807, 2.05) is 11.3 Å². The zero-order valence-corrected chi connectivity index (χ0v) is 11.2. The number of piperidine rings is 1. The topological polar surface area (TPSA) is 29.3 Å². The highest BCUT2D eigenvalue weighted by Gasteiger charge is 2.39. The van der Waals surface area contributed by atoms with Crippen molar-refractivity contribution >= 4 is 11.3 Å². The molecule has 2 atom stereocenters. The summed E-state index contributed by atoms with van der Waals surface area (Å²) in [5.41, 5.74) is 5.97. The summed E-state index contributed by atoms with van der Waals surface area (Å²) in [6.07, 6.45) is 6.84. The lowest BCUT2D eigenvalue weighted by Crippen LogP contribution is -2.46. The third-order valence-corrected chi connectivity index (χ3v) is 5.15. The van der Waals surface area contributed by atoms with Crippen molar-refractivity contribution in [2.45, 2.75) is 44.2 Å². The molecule has 0 radical (unpaired) electrons. The molecule has 2 nitrogen and oxygen atoms in total. The minimum atomic E-state index is 0.622. The Hall–Kier alpha value is -0.380. The number of hydrogen-bond acceptors (Lipinski definition) is 3. The van der Waals surface area contributed by atoms with E-state index < -0.39 is 0 Å². The molecule has 2 unspecified atom stereocenters. The molecular weight excluding hydrogens is 228 g/mol. The Balaban J connectivity index is 1.82. The normalized spacial score (nSPS) is 28.2. The molecule has 3 heteroatoms. The maximum Gasteiger partial charge on any atom is 0.0473 e. The lowest BCUT2D eigenvalue weighted by Gasteiger charge is -2.40. The zero-order valence-electron chi connectivity index (χ0n) is 10.3. The van der Waals surface area contributed by atoms with E-state index in [2.05, 4.69) is 22.4 Å². The van der Waals surface area contributed by atoms with Gasteiger partial charge in [0.1, 0.15) is 0 Å². The van der Waals surface area contributed by atoms with Crippen LogP contribution in [0.5, 0.6) is 0 Å². The number of rotatable bonds is 4. The van der Waals surface area contributed by atoms with Gasteiger partial charge in [0, 0.05) is 23.5 Å². The van der Waals surface area contributed by atoms with Gasteiger partial charge < -0.3 is 5.73 Å². The Morgan fingerprint density at radius 1 is 1.35 bits per heavy atom. The van der Waals surface area contributed by atoms with Crippen molar-refractivity contribution in [1.82, 2.24) is 4.90 Å². The van der Waals surface area contributed by atoms with Gasteiger partial charge in [-0.25, -0.2) is 0 Å². The van der Waals surface area contributed by atoms with E-state index in [-0.39, 0.29) is 0 Å². The summed E-state index contributed by atoms with van der Waals surface area (Å²) < 4.78 is 0. The van der Waals surface area contributed by atoms with E-state index in [4.69, 9.17) is 5.73 Å². The summed E-state index contributed by atoms with van der Waals surface area (Å²) in [6, 6.07) is 5.80. The molecule has 1 saturated heterocycles. The van der Waals surface area contributed by atoms with E-state index >= 15 is 0 Å². The minimum Gasteiger partial charge on any atom is -0.329 e. The summed E-state index contributed by atoms with van der Waals surface area (Å²) >= 11 is 1.92. The van der Waals surface area contributed by atoms with Crippen LogP contribution >= 0.6 is 11.3 Å². The van der Waals surface area contributed by atoms with Gasteiger partial charge in [0.15, 0.2) is 0 Å². The fourth-order valence-electron chi connectivity index (χ4n) is 3.18. The molecule has 1 aliphatic carbocycles. The maximum atomic E-state index is 5.97. The van der Waals surface area contributed by atoms with Gasteiger partial charge in [0.25, 0.3) is 0 Å². The molecule has 3 rings (SSSR count). The molecule has 1 aliphatic heterocycles. The molecule has 2 heterocycles. The van der Waals surface area contributed by atoms with Crippen LogP contribution in [0.2, 0.25) is 0 Å². The van der Waals surface area contributed by atoms with Crippen LogP contribution in [0.25, 0.3) is 0 Å². The van der Waals surface area contributed by atoms with Crippen LogP contribution in [-0.2, 0) is 0 Å². The average Bonchev–Trinajstić information content (AvgIpc) is 3.05. The number of likely N-dealkylation sites (tertiary alicyclic amines) is 1. The number of nitrogens with zero attached hydrogens (tertiary/aromatic N) is 1. The van der Waals surface area contributed by atoms with Crippen LogP contribution in [-0.4, -0.2) is 24.0 Å². The number of hydrogen-bond donors (Lipinski definition) is 1. The van der Waals surface area contributed by atoms with Gasteiger partial charge in [0.2, 0.25) is 0 Å². The molecule has 17 heavy (non-hydrogen) atoms. The lowest BCUT2D eigenvalue weighted by atomic mass is 9.97. The first-order valence-electron chi connectivity index (χ1n) is 6.89. The number of nitrogens with two attached hydrogens (primary N) is 1. The van der Waals surface area contributed by atoms with Gasteiger partial charge in [-0.05, 0) is 49.6 Å². The van der Waals surface area contributed by atoms with Gasteiger partial charge in [-0.3, -0.25) is 4.90 Å². The monoisotopic (exact) mass is 250 g/mol. The van der Waals surface area contributed by atoms with Crippen molar-refractivity contribution in [2.24, 2.45) is 11.7 Å². The molecule has 94 valence electrons. The SMILES string of the molecule is NCC1CCCCN1C(c1cccs1)C1CC1. The second kappa shape index (κ2) is 5.09. The second-order valence-corrected chi connectivity index (χ2v) is 6.40. The van der Waals surface area contributed by atoms with Crippen LogP contribution in [0, 0.1) is 5.92 Å². The summed E-state index contributed by atoms with van der Waals surface area (Å²) in [7, 11) is 0. The van der Waals surface area contributed by atoms with Crippen molar-refractivity contribution < 1.29 is 0 Å². The molecule has 0 amide bonds. The summed E-state index contributed by atoms with van der Waals surface area (Å²) in [6.45, 7) is 2.08. The Labute approximate surface area is 108 Å². The predicted molar refractivity (Wildman–Crippen MR) is 73.2 cm³/mol. The largest absolute Gasteiger partial charge is 0.329 e. The van der Waals surface area contributed by atoms with E-state index in [0.29, 0.717) is 12.1 Å². The highest BCUT2D eigenvalue weighted by molar-refractivity contribution is 7.10. The first-order chi connectivity index (χ1) is 8.40. The lowest BCUT2D eigenvalue weighted by molar-refractivity contribution is 0.0880. The van der Waals surface area contributed by atoms with Crippen LogP contribution in [0.1, 0.15) is 43.0 Å². The fraction of sp³-hybridized carbons (Fsp3) is 0.714. The van der Waals surface area contributed by atoms with Crippen molar-refractivity contribution in [3.63, 3.8) is 0 Å². The molecule has 0 aromatic carbocycles. The molecule has 0 bridgehead atoms. The quantitative estimate of drug-likeness (QED) is 0.890. The first kappa shape index (κ1) is 11.7. The Kier molecular flexibility index (Phi) is 3.50. The van der Waals surface area contributed by atoms with Crippen molar-refractivity contribution in [2.75, 3.05) is 13.1 Å². The summed E-state index contributed by atoms with van der Waals surface area (Å²) in [4.78, 5) is 4.28. The van der Waals surface area contributed by atoms with E-state index in [9.17, 15) is 0 Å². The van der Waals surface area contributed by atoms with E-state index in [1.54, 1.807) is 4.88 Å². The molecule has 2 aliphatic rings. The highest BCUT2D eigenvalue weighted by Crippen LogP contribution is 2.47.